The van der Waals surface area contributed by atoms with Crippen LogP contribution in [0, 0.1) is 5.92 Å². The zero-order chi connectivity index (χ0) is 14.6. The zero-order valence-corrected chi connectivity index (χ0v) is 11.3. The summed E-state index contributed by atoms with van der Waals surface area (Å²) in [6.45, 7) is 5.05. The molecule has 0 bridgehead atoms. The lowest BCUT2D eigenvalue weighted by atomic mass is 10.0. The van der Waals surface area contributed by atoms with Crippen LogP contribution >= 0.6 is 0 Å². The van der Waals surface area contributed by atoms with Crippen LogP contribution in [0.15, 0.2) is 0 Å². The minimum absolute atomic E-state index is 0.0428. The minimum atomic E-state index is -0.862. The van der Waals surface area contributed by atoms with Gasteiger partial charge in [-0.25, -0.2) is 4.79 Å². The highest BCUT2D eigenvalue weighted by molar-refractivity contribution is 6.01. The Hall–Kier alpha value is -1.92. The van der Waals surface area contributed by atoms with Crippen molar-refractivity contribution in [1.82, 2.24) is 10.4 Å². The number of carbonyl (C=O) groups excluding carboxylic acids is 4. The summed E-state index contributed by atoms with van der Waals surface area (Å²) in [6.07, 6.45) is 0.455. The SMILES string of the molecule is CC(=O)N[C@@H](CC(C)C)C(=O)ON1C(=O)CCC1=O. The van der Waals surface area contributed by atoms with Crippen LogP contribution in [0.3, 0.4) is 0 Å². The predicted octanol–water partition coefficient (Wildman–Crippen LogP) is 0.144. The number of nitrogens with one attached hydrogen (secondary N) is 1. The maximum Gasteiger partial charge on any atom is 0.355 e. The van der Waals surface area contributed by atoms with E-state index in [9.17, 15) is 19.2 Å². The topological polar surface area (TPSA) is 92.8 Å². The molecule has 1 atom stereocenters. The van der Waals surface area contributed by atoms with E-state index >= 15 is 0 Å². The second kappa shape index (κ2) is 6.31. The van der Waals surface area contributed by atoms with Gasteiger partial charge >= 0.3 is 5.97 Å². The van der Waals surface area contributed by atoms with Gasteiger partial charge in [0.05, 0.1) is 0 Å². The molecule has 1 rings (SSSR count). The molecule has 0 aromatic rings. The fourth-order valence-corrected chi connectivity index (χ4v) is 1.74. The number of imide groups is 1. The Labute approximate surface area is 111 Å². The fourth-order valence-electron chi connectivity index (χ4n) is 1.74. The maximum absolute atomic E-state index is 11.9. The van der Waals surface area contributed by atoms with Crippen molar-refractivity contribution in [3.63, 3.8) is 0 Å². The molecule has 0 aliphatic carbocycles. The van der Waals surface area contributed by atoms with Crippen molar-refractivity contribution < 1.29 is 24.0 Å². The number of hydroxylamine groups is 2. The molecule has 19 heavy (non-hydrogen) atoms. The minimum Gasteiger partial charge on any atom is -0.343 e. The number of rotatable bonds is 5. The standard InChI is InChI=1S/C12H18N2O5/c1-7(2)6-9(13-8(3)15)12(18)19-14-10(16)4-5-11(14)17/h7,9H,4-6H2,1-3H3,(H,13,15)/t9-/m0/s1. The predicted molar refractivity (Wildman–Crippen MR) is 64.2 cm³/mol. The van der Waals surface area contributed by atoms with Crippen LogP contribution in [-0.2, 0) is 24.0 Å². The first-order valence-electron chi connectivity index (χ1n) is 6.16. The lowest BCUT2D eigenvalue weighted by Crippen LogP contribution is -2.45. The van der Waals surface area contributed by atoms with Gasteiger partial charge in [0, 0.05) is 19.8 Å². The number of carbonyl (C=O) groups is 4. The number of nitrogens with zero attached hydrogens (tertiary/aromatic N) is 1. The van der Waals surface area contributed by atoms with E-state index in [1.165, 1.54) is 6.92 Å². The molecule has 1 fully saturated rings. The molecule has 0 aromatic carbocycles. The molecular formula is C12H18N2O5. The third kappa shape index (κ3) is 4.35. The third-order valence-corrected chi connectivity index (χ3v) is 2.56. The Bertz CT molecular complexity index is 389. The van der Waals surface area contributed by atoms with Gasteiger partial charge in [-0.05, 0) is 12.3 Å². The second-order valence-electron chi connectivity index (χ2n) is 4.87. The van der Waals surface area contributed by atoms with Gasteiger partial charge in [0.1, 0.15) is 6.04 Å². The van der Waals surface area contributed by atoms with Gasteiger partial charge in [-0.1, -0.05) is 13.8 Å². The van der Waals surface area contributed by atoms with E-state index in [-0.39, 0.29) is 24.7 Å². The van der Waals surface area contributed by atoms with Gasteiger partial charge in [-0.3, -0.25) is 14.4 Å². The molecule has 1 aliphatic rings. The highest BCUT2D eigenvalue weighted by Crippen LogP contribution is 2.14. The Morgan fingerprint density at radius 1 is 1.26 bits per heavy atom. The van der Waals surface area contributed by atoms with E-state index in [1.807, 2.05) is 13.8 Å². The summed E-state index contributed by atoms with van der Waals surface area (Å²) in [5.41, 5.74) is 0. The van der Waals surface area contributed by atoms with E-state index in [4.69, 9.17) is 4.84 Å². The van der Waals surface area contributed by atoms with Crippen molar-refractivity contribution in [2.75, 3.05) is 0 Å². The molecule has 7 nitrogen and oxygen atoms in total. The quantitative estimate of drug-likeness (QED) is 0.717. The van der Waals surface area contributed by atoms with Crippen LogP contribution < -0.4 is 5.32 Å². The molecule has 3 amide bonds. The van der Waals surface area contributed by atoms with E-state index in [1.54, 1.807) is 0 Å². The van der Waals surface area contributed by atoms with Crippen molar-refractivity contribution in [2.24, 2.45) is 5.92 Å². The van der Waals surface area contributed by atoms with E-state index in [2.05, 4.69) is 5.32 Å². The average molecular weight is 270 g/mol. The smallest absolute Gasteiger partial charge is 0.343 e. The van der Waals surface area contributed by atoms with E-state index < -0.39 is 23.8 Å². The molecule has 7 heteroatoms. The molecule has 1 saturated heterocycles. The Morgan fingerprint density at radius 3 is 2.21 bits per heavy atom. The number of hydrogen-bond acceptors (Lipinski definition) is 5. The molecule has 1 N–H and O–H groups in total. The summed E-state index contributed by atoms with van der Waals surface area (Å²) < 4.78 is 0. The van der Waals surface area contributed by atoms with Gasteiger partial charge in [-0.2, -0.15) is 0 Å². The first-order chi connectivity index (χ1) is 8.81. The van der Waals surface area contributed by atoms with Crippen LogP contribution in [0.2, 0.25) is 0 Å². The molecule has 0 spiro atoms. The molecule has 1 heterocycles. The number of hydrogen-bond donors (Lipinski definition) is 1. The van der Waals surface area contributed by atoms with Crippen LogP contribution in [0.5, 0.6) is 0 Å². The number of amides is 3. The Balaban J connectivity index is 2.68. The van der Waals surface area contributed by atoms with Crippen LogP contribution in [-0.4, -0.2) is 34.8 Å². The summed E-state index contributed by atoms with van der Waals surface area (Å²) in [5, 5.41) is 2.94. The van der Waals surface area contributed by atoms with Crippen molar-refractivity contribution >= 4 is 23.7 Å². The summed E-state index contributed by atoms with van der Waals surface area (Å²) in [4.78, 5) is 50.4. The molecule has 0 aromatic heterocycles. The molecule has 0 radical (unpaired) electrons. The van der Waals surface area contributed by atoms with Crippen molar-refractivity contribution in [3.8, 4) is 0 Å². The largest absolute Gasteiger partial charge is 0.355 e. The molecule has 106 valence electrons. The van der Waals surface area contributed by atoms with Crippen molar-refractivity contribution in [3.05, 3.63) is 0 Å². The first-order valence-corrected chi connectivity index (χ1v) is 6.16. The van der Waals surface area contributed by atoms with Crippen molar-refractivity contribution in [1.29, 1.82) is 0 Å². The van der Waals surface area contributed by atoms with Gasteiger partial charge in [0.2, 0.25) is 5.91 Å². The third-order valence-electron chi connectivity index (χ3n) is 2.56. The highest BCUT2D eigenvalue weighted by Gasteiger charge is 2.35. The highest BCUT2D eigenvalue weighted by atomic mass is 16.7. The molecule has 1 aliphatic heterocycles. The Morgan fingerprint density at radius 2 is 1.79 bits per heavy atom. The second-order valence-corrected chi connectivity index (χ2v) is 4.87. The van der Waals surface area contributed by atoms with Gasteiger partial charge in [-0.15, -0.1) is 5.06 Å². The maximum atomic E-state index is 11.9. The van der Waals surface area contributed by atoms with Crippen LogP contribution in [0.25, 0.3) is 0 Å². The van der Waals surface area contributed by atoms with Crippen LogP contribution in [0.1, 0.15) is 40.0 Å². The van der Waals surface area contributed by atoms with Crippen LogP contribution in [0.4, 0.5) is 0 Å². The molecular weight excluding hydrogens is 252 g/mol. The molecule has 0 unspecified atom stereocenters. The van der Waals surface area contributed by atoms with E-state index in [0.29, 0.717) is 11.5 Å². The lowest BCUT2D eigenvalue weighted by molar-refractivity contribution is -0.199. The zero-order valence-electron chi connectivity index (χ0n) is 11.3. The monoisotopic (exact) mass is 270 g/mol. The Kier molecular flexibility index (Phi) is 5.02. The van der Waals surface area contributed by atoms with Gasteiger partial charge < -0.3 is 10.2 Å². The fraction of sp³-hybridized carbons (Fsp3) is 0.667. The average Bonchev–Trinajstić information content (AvgIpc) is 2.58. The lowest BCUT2D eigenvalue weighted by Gasteiger charge is -2.20. The molecule has 0 saturated carbocycles. The van der Waals surface area contributed by atoms with E-state index in [0.717, 1.165) is 0 Å². The normalized spacial score (nSPS) is 16.7. The first kappa shape index (κ1) is 15.1. The summed E-state index contributed by atoms with van der Waals surface area (Å²) in [5.74, 6) is -2.10. The van der Waals surface area contributed by atoms with Gasteiger partial charge in [0.15, 0.2) is 0 Å². The summed E-state index contributed by atoms with van der Waals surface area (Å²) in [6, 6.07) is -0.862. The summed E-state index contributed by atoms with van der Waals surface area (Å²) in [7, 11) is 0. The van der Waals surface area contributed by atoms with Gasteiger partial charge in [0.25, 0.3) is 11.8 Å². The summed E-state index contributed by atoms with van der Waals surface area (Å²) >= 11 is 0. The van der Waals surface area contributed by atoms with Crippen molar-refractivity contribution in [2.45, 2.75) is 46.1 Å².